The zero-order chi connectivity index (χ0) is 35.9. The minimum absolute atomic E-state index is 0.297. The number of nitrogens with zero attached hydrogens (tertiary/aromatic N) is 3. The van der Waals surface area contributed by atoms with Crippen molar-refractivity contribution in [2.45, 2.75) is 44.7 Å². The van der Waals surface area contributed by atoms with Crippen molar-refractivity contribution < 1.29 is 14.7 Å². The number of carbonyl (C=O) groups is 2. The van der Waals surface area contributed by atoms with E-state index in [2.05, 4.69) is 95.9 Å². The van der Waals surface area contributed by atoms with Gasteiger partial charge in [0.05, 0.1) is 4.53 Å². The smallest absolute Gasteiger partial charge is 0.323 e. The predicted octanol–water partition coefficient (Wildman–Crippen LogP) is 7.19. The molecule has 52 heavy (non-hydrogen) atoms. The fourth-order valence-electron chi connectivity index (χ4n) is 7.69. The van der Waals surface area contributed by atoms with E-state index in [1.54, 1.807) is 0 Å². The van der Waals surface area contributed by atoms with Crippen molar-refractivity contribution in [1.82, 2.24) is 9.47 Å². The summed E-state index contributed by atoms with van der Waals surface area (Å²) in [6, 6.07) is 36.5. The summed E-state index contributed by atoms with van der Waals surface area (Å²) < 4.78 is 2.29. The van der Waals surface area contributed by atoms with E-state index in [1.165, 1.54) is 37.4 Å². The van der Waals surface area contributed by atoms with Crippen LogP contribution in [0, 0.1) is 0 Å². The number of anilines is 2. The van der Waals surface area contributed by atoms with E-state index in [0.717, 1.165) is 59.2 Å². The van der Waals surface area contributed by atoms with Gasteiger partial charge in [-0.1, -0.05) is 109 Å². The molecule has 1 N–H and O–H groups in total. The van der Waals surface area contributed by atoms with Crippen LogP contribution in [0.2, 0.25) is 0 Å². The first-order chi connectivity index (χ1) is 25.3. The van der Waals surface area contributed by atoms with Crippen molar-refractivity contribution in [1.29, 1.82) is 0 Å². The van der Waals surface area contributed by atoms with Gasteiger partial charge in [0.1, 0.15) is 20.4 Å². The highest BCUT2D eigenvalue weighted by Gasteiger charge is 2.42. The Morgan fingerprint density at radius 1 is 0.904 bits per heavy atom. The van der Waals surface area contributed by atoms with Crippen LogP contribution in [0.4, 0.5) is 11.4 Å². The van der Waals surface area contributed by atoms with Crippen molar-refractivity contribution in [3.8, 4) is 0 Å². The SMILES string of the molecule is CCN1C(=O)/C(=c2/sc(=Cc3ccc4c(c3)C3CCCC3N4c3ccc(C=C(c4ccccc4)c4ccccc4)cc3)c(=O)n2CC(=O)O)SC1=S. The highest BCUT2D eigenvalue weighted by Crippen LogP contribution is 2.52. The number of hydrogen-bond donors (Lipinski definition) is 1. The van der Waals surface area contributed by atoms with Gasteiger partial charge in [0.25, 0.3) is 11.5 Å². The summed E-state index contributed by atoms with van der Waals surface area (Å²) in [4.78, 5) is 42.8. The summed E-state index contributed by atoms with van der Waals surface area (Å²) >= 11 is 7.65. The second-order valence-corrected chi connectivity index (χ2v) is 15.8. The molecule has 0 bridgehead atoms. The summed E-state index contributed by atoms with van der Waals surface area (Å²) in [7, 11) is 0. The van der Waals surface area contributed by atoms with Crippen LogP contribution < -0.4 is 19.7 Å². The van der Waals surface area contributed by atoms with E-state index < -0.39 is 18.1 Å². The maximum absolute atomic E-state index is 13.6. The van der Waals surface area contributed by atoms with Crippen molar-refractivity contribution in [3.63, 3.8) is 0 Å². The molecule has 5 aromatic rings. The molecule has 4 aromatic carbocycles. The van der Waals surface area contributed by atoms with Crippen LogP contribution in [0.3, 0.4) is 0 Å². The number of thiocarbonyl (C=S) groups is 1. The molecule has 2 unspecified atom stereocenters. The molecule has 10 heteroatoms. The molecule has 7 nitrogen and oxygen atoms in total. The maximum Gasteiger partial charge on any atom is 0.323 e. The predicted molar refractivity (Wildman–Crippen MR) is 215 cm³/mol. The second kappa shape index (κ2) is 14.2. The third-order valence-electron chi connectivity index (χ3n) is 10.0. The zero-order valence-corrected chi connectivity index (χ0v) is 30.8. The van der Waals surface area contributed by atoms with Gasteiger partial charge in [0.2, 0.25) is 0 Å². The minimum atomic E-state index is -1.15. The van der Waals surface area contributed by atoms with E-state index in [1.807, 2.05) is 31.2 Å². The van der Waals surface area contributed by atoms with Gasteiger partial charge in [-0.05, 0) is 89.6 Å². The van der Waals surface area contributed by atoms with Gasteiger partial charge >= 0.3 is 5.97 Å². The number of carboxylic acids is 1. The van der Waals surface area contributed by atoms with Crippen molar-refractivity contribution in [2.24, 2.45) is 0 Å². The van der Waals surface area contributed by atoms with Crippen LogP contribution in [0.15, 0.2) is 108 Å². The second-order valence-electron chi connectivity index (χ2n) is 13.1. The van der Waals surface area contributed by atoms with E-state index in [0.29, 0.717) is 36.9 Å². The number of amides is 1. The molecule has 1 saturated carbocycles. The third-order valence-corrected chi connectivity index (χ3v) is 12.7. The average Bonchev–Trinajstić information content (AvgIpc) is 3.90. The van der Waals surface area contributed by atoms with Gasteiger partial charge in [-0.2, -0.15) is 0 Å². The fraction of sp³-hybridized carbons (Fsp3) is 0.190. The molecule has 1 aromatic heterocycles. The van der Waals surface area contributed by atoms with E-state index in [4.69, 9.17) is 12.2 Å². The molecule has 3 heterocycles. The summed E-state index contributed by atoms with van der Waals surface area (Å²) in [5.74, 6) is -1.08. The first-order valence-corrected chi connectivity index (χ1v) is 19.4. The van der Waals surface area contributed by atoms with Gasteiger partial charge in [-0.15, -0.1) is 11.3 Å². The number of aromatic nitrogens is 1. The number of carboxylic acid groups (broad SMARTS) is 1. The molecule has 2 atom stereocenters. The average molecular weight is 742 g/mol. The number of rotatable bonds is 8. The Morgan fingerprint density at radius 3 is 2.21 bits per heavy atom. The molecular weight excluding hydrogens is 707 g/mol. The number of hydrogen-bond acceptors (Lipinski definition) is 7. The first kappa shape index (κ1) is 34.1. The summed E-state index contributed by atoms with van der Waals surface area (Å²) in [5.41, 5.74) is 8.67. The van der Waals surface area contributed by atoms with Crippen LogP contribution in [0.25, 0.3) is 22.6 Å². The summed E-state index contributed by atoms with van der Waals surface area (Å²) in [5, 5.41) is 9.62. The topological polar surface area (TPSA) is 82.9 Å². The van der Waals surface area contributed by atoms with Crippen molar-refractivity contribution >= 4 is 85.5 Å². The molecule has 0 spiro atoms. The summed E-state index contributed by atoms with van der Waals surface area (Å²) in [6.07, 6.45) is 7.41. The lowest BCUT2D eigenvalue weighted by molar-refractivity contribution is -0.137. The molecule has 0 radical (unpaired) electrons. The lowest BCUT2D eigenvalue weighted by Crippen LogP contribution is -2.35. The molecule has 1 saturated heterocycles. The Bertz CT molecular complexity index is 2390. The first-order valence-electron chi connectivity index (χ1n) is 17.4. The number of carbonyl (C=O) groups excluding carboxylic acids is 1. The molecular formula is C42H35N3O4S3. The number of aliphatic carboxylic acids is 1. The summed E-state index contributed by atoms with van der Waals surface area (Å²) in [6.45, 7) is 1.70. The number of benzene rings is 4. The highest BCUT2D eigenvalue weighted by molar-refractivity contribution is 8.30. The Kier molecular flexibility index (Phi) is 9.29. The molecule has 3 aliphatic rings. The molecule has 1 aliphatic carbocycles. The van der Waals surface area contributed by atoms with Crippen molar-refractivity contribution in [2.75, 3.05) is 11.4 Å². The van der Waals surface area contributed by atoms with Crippen LogP contribution in [-0.4, -0.2) is 43.4 Å². The van der Waals surface area contributed by atoms with E-state index in [9.17, 15) is 19.5 Å². The monoisotopic (exact) mass is 741 g/mol. The van der Waals surface area contributed by atoms with Gasteiger partial charge in [0.15, 0.2) is 0 Å². The van der Waals surface area contributed by atoms with Crippen LogP contribution in [0.1, 0.15) is 59.9 Å². The largest absolute Gasteiger partial charge is 0.480 e. The van der Waals surface area contributed by atoms with Crippen LogP contribution in [0.5, 0.6) is 0 Å². The lowest BCUT2D eigenvalue weighted by Gasteiger charge is -2.27. The van der Waals surface area contributed by atoms with E-state index >= 15 is 0 Å². The number of thiazole rings is 1. The highest BCUT2D eigenvalue weighted by atomic mass is 32.2. The van der Waals surface area contributed by atoms with Gasteiger partial charge in [-0.3, -0.25) is 23.9 Å². The van der Waals surface area contributed by atoms with Gasteiger partial charge in [-0.25, -0.2) is 0 Å². The number of thioether (sulfide) groups is 1. The third kappa shape index (κ3) is 6.25. The Balaban J connectivity index is 1.15. The Labute approximate surface area is 314 Å². The Hall–Kier alpha value is -5.03. The van der Waals surface area contributed by atoms with Crippen molar-refractivity contribution in [3.05, 3.63) is 150 Å². The molecule has 2 fully saturated rings. The van der Waals surface area contributed by atoms with Gasteiger partial charge in [0, 0.05) is 29.9 Å². The zero-order valence-electron chi connectivity index (χ0n) is 28.4. The van der Waals surface area contributed by atoms with Crippen LogP contribution >= 0.6 is 35.3 Å². The quantitative estimate of drug-likeness (QED) is 0.133. The molecule has 260 valence electrons. The molecule has 1 amide bonds. The fourth-order valence-corrected chi connectivity index (χ4v) is 10.3. The lowest BCUT2D eigenvalue weighted by atomic mass is 9.95. The molecule has 2 aliphatic heterocycles. The Morgan fingerprint density at radius 2 is 1.58 bits per heavy atom. The number of fused-ring (bicyclic) bond motifs is 3. The van der Waals surface area contributed by atoms with E-state index in [-0.39, 0.29) is 5.91 Å². The standard InChI is InChI=1S/C42H35N3O4S3/c1-2-43-40(49)38(52-42(43)50)41-44(25-37(46)47)39(48)36(51-41)24-27-18-21-35-33(23-27)31-14-9-15-34(31)45(35)30-19-16-26(17-20-30)22-32(28-10-5-3-6-11-28)29-12-7-4-8-13-29/h3-8,10-13,16-24,31,34H,2,9,14-15,25H2,1H3,(H,46,47)/b36-24?,41-38-. The maximum atomic E-state index is 13.6. The van der Waals surface area contributed by atoms with Gasteiger partial charge < -0.3 is 10.0 Å². The molecule has 8 rings (SSSR count). The normalized spacial score (nSPS) is 19.3. The minimum Gasteiger partial charge on any atom is -0.480 e. The van der Waals surface area contributed by atoms with Crippen LogP contribution in [-0.2, 0) is 16.1 Å².